The molecule has 0 fully saturated rings. The number of aromatic amines is 1. The van der Waals surface area contributed by atoms with Gasteiger partial charge in [0.15, 0.2) is 0 Å². The highest BCUT2D eigenvalue weighted by atomic mass is 32.2. The van der Waals surface area contributed by atoms with E-state index >= 15 is 0 Å². The van der Waals surface area contributed by atoms with Crippen LogP contribution in [0, 0.1) is 18.6 Å². The average molecular weight is 348 g/mol. The lowest BCUT2D eigenvalue weighted by Crippen LogP contribution is -2.13. The van der Waals surface area contributed by atoms with E-state index in [0.29, 0.717) is 5.69 Å². The number of hydrogen-bond donors (Lipinski definition) is 2. The third-order valence-corrected chi connectivity index (χ3v) is 4.89. The Labute approximate surface area is 138 Å². The van der Waals surface area contributed by atoms with E-state index in [2.05, 4.69) is 9.71 Å². The van der Waals surface area contributed by atoms with Gasteiger partial charge in [-0.25, -0.2) is 17.2 Å². The SMILES string of the molecule is Cc1cc(F)c(NS(=O)(=O)c2c[nH]c(-c3ccccc3)c2)cc1F. The first-order valence-corrected chi connectivity index (χ1v) is 8.57. The van der Waals surface area contributed by atoms with Crippen molar-refractivity contribution in [2.45, 2.75) is 11.8 Å². The Morgan fingerprint density at radius 2 is 1.71 bits per heavy atom. The molecular weight excluding hydrogens is 334 g/mol. The molecule has 3 aromatic rings. The Kier molecular flexibility index (Phi) is 4.11. The summed E-state index contributed by atoms with van der Waals surface area (Å²) in [6.45, 7) is 1.40. The molecule has 0 amide bonds. The minimum atomic E-state index is -4.04. The number of H-pyrrole nitrogens is 1. The standard InChI is InChI=1S/C17H14F2N2O2S/c1-11-7-15(19)17(9-14(11)18)21-24(22,23)13-8-16(20-10-13)12-5-3-2-4-6-12/h2-10,20-21H,1H3. The molecule has 1 aromatic heterocycles. The van der Waals surface area contributed by atoms with Crippen molar-refractivity contribution in [2.24, 2.45) is 0 Å². The van der Waals surface area contributed by atoms with Gasteiger partial charge in [-0.1, -0.05) is 30.3 Å². The van der Waals surface area contributed by atoms with E-state index < -0.39 is 27.3 Å². The van der Waals surface area contributed by atoms with Crippen LogP contribution in [-0.4, -0.2) is 13.4 Å². The zero-order valence-electron chi connectivity index (χ0n) is 12.7. The normalized spacial score (nSPS) is 11.5. The maximum absolute atomic E-state index is 13.8. The molecular formula is C17H14F2N2O2S. The van der Waals surface area contributed by atoms with E-state index in [0.717, 1.165) is 17.7 Å². The van der Waals surface area contributed by atoms with Crippen LogP contribution in [-0.2, 0) is 10.0 Å². The molecule has 124 valence electrons. The number of sulfonamides is 1. The van der Waals surface area contributed by atoms with Crippen LogP contribution in [0.4, 0.5) is 14.5 Å². The fourth-order valence-electron chi connectivity index (χ4n) is 2.24. The summed E-state index contributed by atoms with van der Waals surface area (Å²) in [7, 11) is -4.04. The van der Waals surface area contributed by atoms with E-state index in [-0.39, 0.29) is 10.5 Å². The van der Waals surface area contributed by atoms with E-state index in [1.807, 2.05) is 30.3 Å². The summed E-state index contributed by atoms with van der Waals surface area (Å²) < 4.78 is 54.2. The van der Waals surface area contributed by atoms with Crippen LogP contribution in [0.5, 0.6) is 0 Å². The molecule has 0 saturated carbocycles. The highest BCUT2D eigenvalue weighted by molar-refractivity contribution is 7.92. The molecule has 0 aliphatic carbocycles. The van der Waals surface area contributed by atoms with Gasteiger partial charge >= 0.3 is 0 Å². The van der Waals surface area contributed by atoms with E-state index in [9.17, 15) is 17.2 Å². The van der Waals surface area contributed by atoms with Gasteiger partial charge in [-0.2, -0.15) is 0 Å². The van der Waals surface area contributed by atoms with Crippen LogP contribution in [0.15, 0.2) is 59.6 Å². The van der Waals surface area contributed by atoms with Gasteiger partial charge in [0.1, 0.15) is 16.5 Å². The second-order valence-electron chi connectivity index (χ2n) is 5.30. The molecule has 0 radical (unpaired) electrons. The molecule has 0 unspecified atom stereocenters. The summed E-state index contributed by atoms with van der Waals surface area (Å²) in [5, 5.41) is 0. The van der Waals surface area contributed by atoms with Crippen LogP contribution >= 0.6 is 0 Å². The van der Waals surface area contributed by atoms with Crippen molar-refractivity contribution in [3.63, 3.8) is 0 Å². The highest BCUT2D eigenvalue weighted by Crippen LogP contribution is 2.25. The van der Waals surface area contributed by atoms with Gasteiger partial charge in [0.2, 0.25) is 0 Å². The maximum atomic E-state index is 13.8. The number of anilines is 1. The molecule has 7 heteroatoms. The van der Waals surface area contributed by atoms with Crippen LogP contribution < -0.4 is 4.72 Å². The minimum absolute atomic E-state index is 0.0678. The monoisotopic (exact) mass is 348 g/mol. The molecule has 0 aliphatic heterocycles. The third-order valence-electron chi connectivity index (χ3n) is 3.54. The summed E-state index contributed by atoms with van der Waals surface area (Å²) in [6, 6.07) is 12.3. The van der Waals surface area contributed by atoms with E-state index in [4.69, 9.17) is 0 Å². The molecule has 0 saturated heterocycles. The van der Waals surface area contributed by atoms with Crippen LogP contribution in [0.1, 0.15) is 5.56 Å². The van der Waals surface area contributed by atoms with Crippen molar-refractivity contribution in [1.82, 2.24) is 4.98 Å². The Morgan fingerprint density at radius 1 is 1.00 bits per heavy atom. The Bertz CT molecular complexity index is 983. The lowest BCUT2D eigenvalue weighted by molar-refractivity contribution is 0.590. The zero-order chi connectivity index (χ0) is 17.3. The molecule has 2 aromatic carbocycles. The Balaban J connectivity index is 1.92. The fourth-order valence-corrected chi connectivity index (χ4v) is 3.29. The van der Waals surface area contributed by atoms with Crippen molar-refractivity contribution in [2.75, 3.05) is 4.72 Å². The van der Waals surface area contributed by atoms with Crippen molar-refractivity contribution in [3.8, 4) is 11.3 Å². The van der Waals surface area contributed by atoms with Gasteiger partial charge in [0.05, 0.1) is 5.69 Å². The first kappa shape index (κ1) is 16.2. The number of aryl methyl sites for hydroxylation is 1. The van der Waals surface area contributed by atoms with Gasteiger partial charge in [0.25, 0.3) is 10.0 Å². The second kappa shape index (κ2) is 6.09. The number of hydrogen-bond acceptors (Lipinski definition) is 2. The van der Waals surface area contributed by atoms with Crippen LogP contribution in [0.25, 0.3) is 11.3 Å². The Hall–Kier alpha value is -2.67. The number of rotatable bonds is 4. The first-order chi connectivity index (χ1) is 11.4. The largest absolute Gasteiger partial charge is 0.360 e. The number of aromatic nitrogens is 1. The van der Waals surface area contributed by atoms with E-state index in [1.54, 1.807) is 0 Å². The van der Waals surface area contributed by atoms with Crippen molar-refractivity contribution in [1.29, 1.82) is 0 Å². The molecule has 0 aliphatic rings. The van der Waals surface area contributed by atoms with E-state index in [1.165, 1.54) is 19.2 Å². The summed E-state index contributed by atoms with van der Waals surface area (Å²) in [6.07, 6.45) is 1.30. The number of halogens is 2. The smallest absolute Gasteiger partial charge is 0.263 e. The minimum Gasteiger partial charge on any atom is -0.360 e. The van der Waals surface area contributed by atoms with Gasteiger partial charge in [-0.05, 0) is 30.2 Å². The molecule has 0 bridgehead atoms. The van der Waals surface area contributed by atoms with Crippen molar-refractivity contribution < 1.29 is 17.2 Å². The molecule has 2 N–H and O–H groups in total. The second-order valence-corrected chi connectivity index (χ2v) is 6.98. The lowest BCUT2D eigenvalue weighted by atomic mass is 10.2. The quantitative estimate of drug-likeness (QED) is 0.747. The predicted octanol–water partition coefficient (Wildman–Crippen LogP) is 4.07. The zero-order valence-corrected chi connectivity index (χ0v) is 13.5. The summed E-state index contributed by atoms with van der Waals surface area (Å²) in [5.41, 5.74) is 1.09. The van der Waals surface area contributed by atoms with Crippen LogP contribution in [0.2, 0.25) is 0 Å². The Morgan fingerprint density at radius 3 is 2.42 bits per heavy atom. The molecule has 0 atom stereocenters. The molecule has 1 heterocycles. The van der Waals surface area contributed by atoms with Gasteiger partial charge in [-0.15, -0.1) is 0 Å². The topological polar surface area (TPSA) is 62.0 Å². The predicted molar refractivity (Wildman–Crippen MR) is 88.1 cm³/mol. The number of benzene rings is 2. The summed E-state index contributed by atoms with van der Waals surface area (Å²) in [4.78, 5) is 2.79. The van der Waals surface area contributed by atoms with Gasteiger partial charge < -0.3 is 4.98 Å². The molecule has 24 heavy (non-hydrogen) atoms. The fraction of sp³-hybridized carbons (Fsp3) is 0.0588. The number of nitrogens with one attached hydrogen (secondary N) is 2. The van der Waals surface area contributed by atoms with Crippen molar-refractivity contribution in [3.05, 3.63) is 71.9 Å². The van der Waals surface area contributed by atoms with Gasteiger partial charge in [0, 0.05) is 18.0 Å². The van der Waals surface area contributed by atoms with Crippen molar-refractivity contribution >= 4 is 15.7 Å². The molecule has 0 spiro atoms. The lowest BCUT2D eigenvalue weighted by Gasteiger charge is -2.08. The summed E-state index contributed by atoms with van der Waals surface area (Å²) >= 11 is 0. The maximum Gasteiger partial charge on any atom is 0.263 e. The summed E-state index contributed by atoms with van der Waals surface area (Å²) in [5.74, 6) is -1.52. The third kappa shape index (κ3) is 3.16. The first-order valence-electron chi connectivity index (χ1n) is 7.09. The van der Waals surface area contributed by atoms with Gasteiger partial charge in [-0.3, -0.25) is 4.72 Å². The molecule has 3 rings (SSSR count). The highest BCUT2D eigenvalue weighted by Gasteiger charge is 2.19. The molecule has 4 nitrogen and oxygen atoms in total. The average Bonchev–Trinajstić information content (AvgIpc) is 3.04. The van der Waals surface area contributed by atoms with Crippen LogP contribution in [0.3, 0.4) is 0 Å².